The second kappa shape index (κ2) is 17.3. The quantitative estimate of drug-likeness (QED) is 0.0526. The summed E-state index contributed by atoms with van der Waals surface area (Å²) in [4.78, 5) is 107. The molecule has 0 bridgehead atoms. The van der Waals surface area contributed by atoms with Crippen LogP contribution in [0.2, 0.25) is 18.1 Å². The van der Waals surface area contributed by atoms with Crippen molar-refractivity contribution >= 4 is 83.6 Å². The highest BCUT2D eigenvalue weighted by Crippen LogP contribution is 2.53. The van der Waals surface area contributed by atoms with Gasteiger partial charge in [0.05, 0.1) is 39.0 Å². The maximum Gasteiger partial charge on any atom is 0.363 e. The topological polar surface area (TPSA) is 248 Å². The van der Waals surface area contributed by atoms with Crippen molar-refractivity contribution in [2.24, 2.45) is 11.8 Å². The Bertz CT molecular complexity index is 2340. The number of amides is 2. The molecule has 1 aromatic heterocycles. The smallest absolute Gasteiger partial charge is 0.363 e. The average molecular weight is 895 g/mol. The van der Waals surface area contributed by atoms with Crippen LogP contribution in [0.15, 0.2) is 64.5 Å². The van der Waals surface area contributed by atoms with E-state index in [2.05, 4.69) is 44.2 Å². The number of ether oxygens (including phenoxy) is 2. The normalized spacial score (nSPS) is 19.3. The van der Waals surface area contributed by atoms with Crippen LogP contribution in [0.3, 0.4) is 0 Å². The summed E-state index contributed by atoms with van der Waals surface area (Å²) in [6.07, 6.45) is -0.452. The van der Waals surface area contributed by atoms with E-state index < -0.39 is 72.6 Å². The first kappa shape index (κ1) is 44.7. The molecule has 0 unspecified atom stereocenters. The molecule has 4 atom stereocenters. The van der Waals surface area contributed by atoms with E-state index in [0.717, 1.165) is 36.4 Å². The van der Waals surface area contributed by atoms with Gasteiger partial charge < -0.3 is 29.0 Å². The van der Waals surface area contributed by atoms with Crippen LogP contribution in [-0.2, 0) is 28.3 Å². The number of nitro benzene ring substituents is 2. The number of aromatic nitrogens is 1. The molecule has 2 saturated heterocycles. The number of nitrogens with zero attached hydrogens (tertiary/aromatic N) is 5. The molecular formula is C39H42N6O13S2Si. The van der Waals surface area contributed by atoms with Crippen LogP contribution < -0.4 is 10.2 Å². The summed E-state index contributed by atoms with van der Waals surface area (Å²) in [5, 5.41) is 26.1. The lowest BCUT2D eigenvalue weighted by Crippen LogP contribution is -2.65. The van der Waals surface area contributed by atoms with Gasteiger partial charge in [-0.3, -0.25) is 29.8 Å². The number of hydrogen-bond donors (Lipinski definition) is 1. The first-order chi connectivity index (χ1) is 28.6. The van der Waals surface area contributed by atoms with E-state index in [1.807, 2.05) is 18.7 Å². The fourth-order valence-corrected chi connectivity index (χ4v) is 10.6. The van der Waals surface area contributed by atoms with Crippen LogP contribution in [0.1, 0.15) is 65.8 Å². The Balaban J connectivity index is 1.10. The Morgan fingerprint density at radius 3 is 2.00 bits per heavy atom. The summed E-state index contributed by atoms with van der Waals surface area (Å²) in [5.41, 5.74) is -0.673. The molecule has 6 rings (SSSR count). The molecule has 3 aliphatic heterocycles. The second-order valence-corrected chi connectivity index (χ2v) is 23.1. The van der Waals surface area contributed by atoms with Crippen molar-refractivity contribution in [3.05, 3.63) is 102 Å². The molecule has 2 amide bonds. The molecule has 19 nitrogen and oxygen atoms in total. The number of carbonyl (C=O) groups excluding carboxylic acids is 6. The van der Waals surface area contributed by atoms with Gasteiger partial charge in [0.1, 0.15) is 17.9 Å². The molecular weight excluding hydrogens is 853 g/mol. The minimum atomic E-state index is -2.29. The SMILES string of the molecule is C[C@@H](O[Si](C)(C)C(C)(C)C)[C@H]1C(=O)N2C(C(=O)OC(=O)c3ccc([N+](=O)[O-])cc3)=C(SC3CN(c4nc(C(=O)NCC(=O)OC(=O)c5ccc([N+](=O)[O-])cc5)cs4)C3)[C@H](C)[C@H]12. The summed E-state index contributed by atoms with van der Waals surface area (Å²) < 4.78 is 16.6. The van der Waals surface area contributed by atoms with Gasteiger partial charge in [0, 0.05) is 58.8 Å². The number of esters is 4. The molecule has 0 aliphatic carbocycles. The van der Waals surface area contributed by atoms with E-state index in [0.29, 0.717) is 23.1 Å². The zero-order valence-electron chi connectivity index (χ0n) is 34.1. The van der Waals surface area contributed by atoms with Gasteiger partial charge in [-0.15, -0.1) is 23.1 Å². The van der Waals surface area contributed by atoms with Crippen molar-refractivity contribution in [2.75, 3.05) is 24.5 Å². The van der Waals surface area contributed by atoms with Crippen molar-refractivity contribution in [1.29, 1.82) is 0 Å². The van der Waals surface area contributed by atoms with Crippen LogP contribution in [0.4, 0.5) is 16.5 Å². The summed E-state index contributed by atoms with van der Waals surface area (Å²) in [6, 6.07) is 8.64. The van der Waals surface area contributed by atoms with Crippen molar-refractivity contribution < 1.29 is 52.5 Å². The van der Waals surface area contributed by atoms with Crippen LogP contribution in [0, 0.1) is 32.1 Å². The molecule has 3 aliphatic rings. The molecule has 0 saturated carbocycles. The number of thioether (sulfide) groups is 1. The van der Waals surface area contributed by atoms with Gasteiger partial charge in [0.2, 0.25) is 5.91 Å². The van der Waals surface area contributed by atoms with E-state index in [1.165, 1.54) is 45.5 Å². The number of nitro groups is 2. The Kier molecular flexibility index (Phi) is 12.6. The number of anilines is 1. The Labute approximate surface area is 358 Å². The molecule has 1 N–H and O–H groups in total. The van der Waals surface area contributed by atoms with Gasteiger partial charge in [-0.25, -0.2) is 24.2 Å². The monoisotopic (exact) mass is 894 g/mol. The zero-order chi connectivity index (χ0) is 44.7. The minimum absolute atomic E-state index is 0.0170. The van der Waals surface area contributed by atoms with E-state index in [9.17, 15) is 49.0 Å². The first-order valence-corrected chi connectivity index (χ1v) is 23.7. The number of carbonyl (C=O) groups is 6. The number of β-lactam (4-membered cyclic amide) rings is 1. The van der Waals surface area contributed by atoms with E-state index in [1.54, 1.807) is 0 Å². The summed E-state index contributed by atoms with van der Waals surface area (Å²) in [6.45, 7) is 14.6. The van der Waals surface area contributed by atoms with Crippen LogP contribution in [0.25, 0.3) is 0 Å². The molecule has 2 fully saturated rings. The lowest BCUT2D eigenvalue weighted by molar-refractivity contribution is -0.385. The van der Waals surface area contributed by atoms with Crippen molar-refractivity contribution in [2.45, 2.75) is 70.1 Å². The molecule has 0 radical (unpaired) electrons. The lowest BCUT2D eigenvalue weighted by atomic mass is 9.79. The van der Waals surface area contributed by atoms with E-state index in [-0.39, 0.29) is 56.0 Å². The highest BCUT2D eigenvalue weighted by molar-refractivity contribution is 8.03. The van der Waals surface area contributed by atoms with Gasteiger partial charge in [-0.2, -0.15) is 0 Å². The molecule has 0 spiro atoms. The molecule has 322 valence electrons. The predicted octanol–water partition coefficient (Wildman–Crippen LogP) is 5.48. The first-order valence-electron chi connectivity index (χ1n) is 19.0. The number of benzene rings is 2. The van der Waals surface area contributed by atoms with Crippen LogP contribution >= 0.6 is 23.1 Å². The Hall–Kier alpha value is -5.84. The number of thiazole rings is 1. The fourth-order valence-electron chi connectivity index (χ4n) is 6.80. The third kappa shape index (κ3) is 9.26. The molecule has 61 heavy (non-hydrogen) atoms. The zero-order valence-corrected chi connectivity index (χ0v) is 36.7. The number of fused-ring (bicyclic) bond motifs is 1. The van der Waals surface area contributed by atoms with Gasteiger partial charge in [-0.05, 0) is 49.3 Å². The van der Waals surface area contributed by atoms with Gasteiger partial charge >= 0.3 is 23.9 Å². The number of non-ortho nitro benzene ring substituents is 2. The van der Waals surface area contributed by atoms with Gasteiger partial charge in [0.25, 0.3) is 17.3 Å². The van der Waals surface area contributed by atoms with Crippen molar-refractivity contribution in [3.63, 3.8) is 0 Å². The second-order valence-electron chi connectivity index (χ2n) is 16.2. The maximum atomic E-state index is 13.9. The fraction of sp³-hybridized carbons (Fsp3) is 0.410. The highest BCUT2D eigenvalue weighted by atomic mass is 32.2. The predicted molar refractivity (Wildman–Crippen MR) is 223 cm³/mol. The Morgan fingerprint density at radius 1 is 0.934 bits per heavy atom. The third-order valence-corrected chi connectivity index (χ3v) is 18.0. The molecule has 3 aromatic rings. The summed E-state index contributed by atoms with van der Waals surface area (Å²) >= 11 is 2.58. The summed E-state index contributed by atoms with van der Waals surface area (Å²) in [7, 11) is -2.29. The van der Waals surface area contributed by atoms with Crippen molar-refractivity contribution in [3.8, 4) is 0 Å². The highest BCUT2D eigenvalue weighted by Gasteiger charge is 2.62. The van der Waals surface area contributed by atoms with Crippen LogP contribution in [0.5, 0.6) is 0 Å². The number of hydrogen-bond acceptors (Lipinski definition) is 17. The van der Waals surface area contributed by atoms with E-state index >= 15 is 0 Å². The standard InChI is InChI=1S/C39H42N6O13S2Si/c1-20-30-29(21(2)58-61(6,7)39(3,4)5)34(48)43(30)31(37(51)57-36(50)23-10-14-25(15-11-23)45(54)55)32(20)60-26-17-42(18-26)38-41-27(19-59-38)33(47)40-16-28(46)56-35(49)22-8-12-24(13-9-22)44(52)53/h8-15,19-21,26,29-30H,16-18H2,1-7H3,(H,40,47)/t20-,21-,29-,30-/m1/s1. The van der Waals surface area contributed by atoms with Gasteiger partial charge in [-0.1, -0.05) is 27.7 Å². The van der Waals surface area contributed by atoms with Gasteiger partial charge in [0.15, 0.2) is 13.4 Å². The average Bonchev–Trinajstić information content (AvgIpc) is 3.75. The summed E-state index contributed by atoms with van der Waals surface area (Å²) in [5.74, 6) is -6.03. The largest absolute Gasteiger partial charge is 0.413 e. The van der Waals surface area contributed by atoms with Crippen LogP contribution in [-0.4, -0.2) is 101 Å². The number of rotatable bonds is 14. The third-order valence-electron chi connectivity index (χ3n) is 11.1. The number of nitrogens with one attached hydrogen (secondary N) is 1. The van der Waals surface area contributed by atoms with Crippen molar-refractivity contribution in [1.82, 2.24) is 15.2 Å². The molecule has 4 heterocycles. The Morgan fingerprint density at radius 2 is 1.48 bits per heavy atom. The molecule has 2 aromatic carbocycles. The lowest BCUT2D eigenvalue weighted by Gasteiger charge is -2.50. The maximum absolute atomic E-state index is 13.9. The van der Waals surface area contributed by atoms with E-state index in [4.69, 9.17) is 13.9 Å². The minimum Gasteiger partial charge on any atom is -0.413 e. The molecule has 22 heteroatoms.